The molecule has 0 bridgehead atoms. The van der Waals surface area contributed by atoms with E-state index in [1.165, 1.54) is 11.3 Å². The largest absolute Gasteiger partial charge is 0.491 e. The van der Waals surface area contributed by atoms with E-state index in [1.807, 2.05) is 113 Å². The van der Waals surface area contributed by atoms with Gasteiger partial charge in [-0.3, -0.25) is 19.1 Å². The third kappa shape index (κ3) is 8.43. The van der Waals surface area contributed by atoms with Crippen molar-refractivity contribution >= 4 is 59.3 Å². The number of hydrogen-bond donors (Lipinski definition) is 1. The van der Waals surface area contributed by atoms with E-state index in [4.69, 9.17) is 19.4 Å². The zero-order valence-corrected chi connectivity index (χ0v) is 36.4. The van der Waals surface area contributed by atoms with Crippen molar-refractivity contribution in [1.82, 2.24) is 19.6 Å². The number of aromatic nitrogens is 2. The van der Waals surface area contributed by atoms with Crippen molar-refractivity contribution in [3.05, 3.63) is 97.1 Å². The third-order valence-corrected chi connectivity index (χ3v) is 15.0. The molecule has 2 aliphatic carbocycles. The molecule has 8 rings (SSSR count). The van der Waals surface area contributed by atoms with Crippen LogP contribution in [0.15, 0.2) is 91.5 Å². The predicted molar refractivity (Wildman–Crippen MR) is 234 cm³/mol. The normalized spacial score (nSPS) is 22.2. The van der Waals surface area contributed by atoms with E-state index in [0.29, 0.717) is 37.4 Å². The maximum atomic E-state index is 15.0. The number of ether oxygens (including phenoxy) is 2. The molecule has 1 N–H and O–H groups in total. The second kappa shape index (κ2) is 16.0. The minimum atomic E-state index is -3.85. The lowest BCUT2D eigenvalue weighted by Crippen LogP contribution is -2.48. The van der Waals surface area contributed by atoms with Gasteiger partial charge in [-0.05, 0) is 86.8 Å². The first-order valence-corrected chi connectivity index (χ1v) is 23.1. The van der Waals surface area contributed by atoms with Gasteiger partial charge in [0, 0.05) is 34.4 Å². The molecule has 0 spiro atoms. The lowest BCUT2D eigenvalue weighted by atomic mass is 9.76. The van der Waals surface area contributed by atoms with Crippen LogP contribution >= 0.6 is 11.3 Å². The first-order valence-electron chi connectivity index (χ1n) is 20.7. The highest BCUT2D eigenvalue weighted by atomic mass is 32.2. The molecule has 3 heterocycles. The maximum absolute atomic E-state index is 15.0. The van der Waals surface area contributed by atoms with Crippen molar-refractivity contribution in [2.45, 2.75) is 96.6 Å². The number of amides is 2. The number of benzene rings is 3. The molecular formula is C47H52N4O7S2. The number of likely N-dealkylation sites (tertiary alicyclic amines) is 1. The van der Waals surface area contributed by atoms with Crippen LogP contribution in [0.4, 0.5) is 0 Å². The predicted octanol–water partition coefficient (Wildman–Crippen LogP) is 8.31. The molecule has 314 valence electrons. The second-order valence-corrected chi connectivity index (χ2v) is 20.9. The summed E-state index contributed by atoms with van der Waals surface area (Å²) in [6.07, 6.45) is 2.70. The number of nitrogens with zero attached hydrogens (tertiary/aromatic N) is 3. The zero-order valence-electron chi connectivity index (χ0n) is 34.7. The van der Waals surface area contributed by atoms with Gasteiger partial charge in [0.05, 0.1) is 34.9 Å². The quantitative estimate of drug-likeness (QED) is 0.103. The van der Waals surface area contributed by atoms with E-state index in [-0.39, 0.29) is 43.1 Å². The first kappa shape index (κ1) is 41.6. The number of ketones is 1. The van der Waals surface area contributed by atoms with Crippen LogP contribution in [0.2, 0.25) is 0 Å². The number of rotatable bonds is 15. The Morgan fingerprint density at radius 3 is 2.35 bits per heavy atom. The Balaban J connectivity index is 1.14. The standard InChI is InChI=1S/C47H52N4O7S2/c1-7-31-25-47(31,45(54)50-60(55,56)34-21-22-34)26-38(52)37-24-33(27-51(37)44(53)36(46(4,5)6)23-29-13-9-8-10-14-29)58-43-41-40(35-15-11-12-16-39(35)59-41)48-42(49-43)30-17-19-32(20-18-30)57-28(2)3/h7-20,28,31,33-34,36-37H,1,21-27H2,2-6H3,(H,50,54)/t31-,33-,36-,37+,47-/m1/s1. The Hall–Kier alpha value is -5.14. The highest BCUT2D eigenvalue weighted by Gasteiger charge is 2.61. The van der Waals surface area contributed by atoms with Gasteiger partial charge >= 0.3 is 0 Å². The Morgan fingerprint density at radius 2 is 1.70 bits per heavy atom. The van der Waals surface area contributed by atoms with Crippen molar-refractivity contribution in [2.75, 3.05) is 6.54 Å². The molecule has 2 amide bonds. The van der Waals surface area contributed by atoms with E-state index in [1.54, 1.807) is 11.0 Å². The van der Waals surface area contributed by atoms with E-state index in [2.05, 4.69) is 11.3 Å². The van der Waals surface area contributed by atoms with E-state index in [0.717, 1.165) is 37.2 Å². The number of Topliss-reactive ketones (excluding diaryl/α,β-unsaturated/α-hetero) is 1. The lowest BCUT2D eigenvalue weighted by Gasteiger charge is -2.35. The number of nitrogens with one attached hydrogen (secondary N) is 1. The number of carbonyl (C=O) groups excluding carboxylic acids is 3. The highest BCUT2D eigenvalue weighted by Crippen LogP contribution is 2.57. The SMILES string of the molecule is C=C[C@@H]1C[C@]1(CC(=O)[C@@H]1C[C@@H](Oc2nc(-c3ccc(OC(C)C)cc3)nc3c2sc2ccccc23)CN1C(=O)[C@@H](Cc1ccccc1)C(C)(C)C)C(=O)NS(=O)(=O)C1CC1. The molecule has 0 unspecified atom stereocenters. The lowest BCUT2D eigenvalue weighted by molar-refractivity contribution is -0.144. The number of fused-ring (bicyclic) bond motifs is 3. The summed E-state index contributed by atoms with van der Waals surface area (Å²) >= 11 is 1.52. The van der Waals surface area contributed by atoms with Crippen LogP contribution < -0.4 is 14.2 Å². The van der Waals surface area contributed by atoms with Crippen LogP contribution in [0.25, 0.3) is 31.7 Å². The molecule has 2 saturated carbocycles. The van der Waals surface area contributed by atoms with Crippen molar-refractivity contribution in [3.8, 4) is 23.0 Å². The molecule has 3 aromatic carbocycles. The second-order valence-electron chi connectivity index (χ2n) is 17.9. The summed E-state index contributed by atoms with van der Waals surface area (Å²) < 4.78 is 42.5. The molecule has 5 atom stereocenters. The number of allylic oxidation sites excluding steroid dienone is 1. The molecule has 1 saturated heterocycles. The molecule has 60 heavy (non-hydrogen) atoms. The number of hydrogen-bond acceptors (Lipinski definition) is 10. The zero-order chi connectivity index (χ0) is 42.6. The Kier molecular flexibility index (Phi) is 11.1. The first-order chi connectivity index (χ1) is 28.6. The maximum Gasteiger partial charge on any atom is 0.240 e. The van der Waals surface area contributed by atoms with Gasteiger partial charge in [-0.2, -0.15) is 4.98 Å². The van der Waals surface area contributed by atoms with E-state index in [9.17, 15) is 22.8 Å². The molecule has 0 radical (unpaired) electrons. The molecule has 1 aliphatic heterocycles. The summed E-state index contributed by atoms with van der Waals surface area (Å²) in [5.41, 5.74) is 0.785. The minimum Gasteiger partial charge on any atom is -0.491 e. The number of carbonyl (C=O) groups is 3. The Bertz CT molecular complexity index is 2560. The summed E-state index contributed by atoms with van der Waals surface area (Å²) in [7, 11) is -3.85. The van der Waals surface area contributed by atoms with Crippen LogP contribution in [0.5, 0.6) is 11.6 Å². The molecule has 13 heteroatoms. The highest BCUT2D eigenvalue weighted by molar-refractivity contribution is 7.90. The molecule has 3 aliphatic rings. The average Bonchev–Trinajstić information content (AvgIpc) is 4.12. The van der Waals surface area contributed by atoms with Crippen molar-refractivity contribution in [2.24, 2.45) is 22.7 Å². The Morgan fingerprint density at radius 1 is 1.00 bits per heavy atom. The molecule has 5 aromatic rings. The smallest absolute Gasteiger partial charge is 0.240 e. The van der Waals surface area contributed by atoms with Gasteiger partial charge < -0.3 is 14.4 Å². The summed E-state index contributed by atoms with van der Waals surface area (Å²) in [5, 5.41) is 0.368. The molecule has 2 aromatic heterocycles. The van der Waals surface area contributed by atoms with Crippen molar-refractivity contribution in [1.29, 1.82) is 0 Å². The van der Waals surface area contributed by atoms with Crippen LogP contribution in [0.1, 0.15) is 72.3 Å². The van der Waals surface area contributed by atoms with Crippen LogP contribution in [0, 0.1) is 22.7 Å². The minimum absolute atomic E-state index is 0.0186. The summed E-state index contributed by atoms with van der Waals surface area (Å²) in [6.45, 7) is 14.0. The molecular weight excluding hydrogens is 797 g/mol. The molecule has 11 nitrogen and oxygen atoms in total. The number of sulfonamides is 1. The van der Waals surface area contributed by atoms with Crippen LogP contribution in [0.3, 0.4) is 0 Å². The van der Waals surface area contributed by atoms with Gasteiger partial charge in [0.2, 0.25) is 27.7 Å². The topological polar surface area (TPSA) is 145 Å². The average molecular weight is 849 g/mol. The summed E-state index contributed by atoms with van der Waals surface area (Å²) in [6, 6.07) is 24.5. The van der Waals surface area contributed by atoms with Gasteiger partial charge in [0.1, 0.15) is 16.6 Å². The van der Waals surface area contributed by atoms with Gasteiger partial charge in [0.15, 0.2) is 11.6 Å². The molecule has 3 fully saturated rings. The fourth-order valence-electron chi connectivity index (χ4n) is 8.44. The van der Waals surface area contributed by atoms with Crippen molar-refractivity contribution in [3.63, 3.8) is 0 Å². The third-order valence-electron chi connectivity index (χ3n) is 12.1. The van der Waals surface area contributed by atoms with E-state index < -0.39 is 50.1 Å². The summed E-state index contributed by atoms with van der Waals surface area (Å²) in [5.74, 6) is -0.489. The fourth-order valence-corrected chi connectivity index (χ4v) is 10.9. The van der Waals surface area contributed by atoms with Crippen molar-refractivity contribution < 1.29 is 32.3 Å². The number of thiophene rings is 1. The van der Waals surface area contributed by atoms with Gasteiger partial charge in [0.25, 0.3) is 0 Å². The van der Waals surface area contributed by atoms with Crippen LogP contribution in [-0.4, -0.2) is 70.9 Å². The fraction of sp³-hybridized carbons (Fsp3) is 0.426. The van der Waals surface area contributed by atoms with Gasteiger partial charge in [-0.15, -0.1) is 17.9 Å². The van der Waals surface area contributed by atoms with Crippen LogP contribution in [-0.2, 0) is 30.8 Å². The monoisotopic (exact) mass is 848 g/mol. The van der Waals surface area contributed by atoms with Gasteiger partial charge in [-0.25, -0.2) is 13.4 Å². The van der Waals surface area contributed by atoms with Gasteiger partial charge in [-0.1, -0.05) is 75.4 Å². The van der Waals surface area contributed by atoms with E-state index >= 15 is 0 Å². The summed E-state index contributed by atoms with van der Waals surface area (Å²) in [4.78, 5) is 55.1. The Labute approximate surface area is 355 Å².